The Morgan fingerprint density at radius 3 is 2.62 bits per heavy atom. The average Bonchev–Trinajstić information content (AvgIpc) is 3.41. The molecule has 4 aromatic rings. The van der Waals surface area contributed by atoms with Gasteiger partial charge in [0.2, 0.25) is 0 Å². The minimum absolute atomic E-state index is 0.200. The summed E-state index contributed by atoms with van der Waals surface area (Å²) in [5.74, 6) is -0.704. The molecule has 178 valence electrons. The fourth-order valence-electron chi connectivity index (χ4n) is 5.69. The number of H-pyrrole nitrogens is 1. The van der Waals surface area contributed by atoms with Crippen LogP contribution in [0, 0.1) is 12.7 Å². The van der Waals surface area contributed by atoms with Crippen molar-refractivity contribution < 1.29 is 19.0 Å². The molecule has 0 saturated heterocycles. The Morgan fingerprint density at radius 1 is 1.26 bits per heavy atom. The lowest BCUT2D eigenvalue weighted by Gasteiger charge is -2.36. The lowest BCUT2D eigenvalue weighted by Crippen LogP contribution is -2.43. The first kappa shape index (κ1) is 22.6. The third-order valence-electron chi connectivity index (χ3n) is 7.53. The lowest BCUT2D eigenvalue weighted by molar-refractivity contribution is -0.166. The SMILES string of the molecule is CO[C@]1(C(=O)O)CC[C@H](c2c(C(C)C)n(-c3ccc(F)c(C)c3)c3cc4cn[nH]c4cc32)CC1. The summed E-state index contributed by atoms with van der Waals surface area (Å²) in [4.78, 5) is 11.9. The van der Waals surface area contributed by atoms with E-state index in [9.17, 15) is 14.3 Å². The number of methoxy groups -OCH3 is 1. The summed E-state index contributed by atoms with van der Waals surface area (Å²) in [6.45, 7) is 6.14. The highest BCUT2D eigenvalue weighted by molar-refractivity contribution is 5.99. The Balaban J connectivity index is 1.75. The van der Waals surface area contributed by atoms with Gasteiger partial charge in [-0.25, -0.2) is 9.18 Å². The molecule has 1 aliphatic rings. The molecule has 2 aromatic carbocycles. The number of carboxylic acid groups (broad SMARTS) is 1. The van der Waals surface area contributed by atoms with Gasteiger partial charge in [0.05, 0.1) is 17.2 Å². The van der Waals surface area contributed by atoms with Gasteiger partial charge < -0.3 is 14.4 Å². The Morgan fingerprint density at radius 2 is 2.00 bits per heavy atom. The van der Waals surface area contributed by atoms with Gasteiger partial charge in [-0.3, -0.25) is 5.10 Å². The van der Waals surface area contributed by atoms with Crippen LogP contribution in [-0.2, 0) is 9.53 Å². The van der Waals surface area contributed by atoms with E-state index in [4.69, 9.17) is 4.74 Å². The van der Waals surface area contributed by atoms with E-state index < -0.39 is 11.6 Å². The molecule has 0 amide bonds. The quantitative estimate of drug-likeness (QED) is 0.369. The van der Waals surface area contributed by atoms with Crippen molar-refractivity contribution in [3.63, 3.8) is 0 Å². The van der Waals surface area contributed by atoms with E-state index >= 15 is 0 Å². The first-order valence-corrected chi connectivity index (χ1v) is 11.8. The van der Waals surface area contributed by atoms with Gasteiger partial charge in [0.15, 0.2) is 5.60 Å². The minimum atomic E-state index is -1.11. The number of aromatic nitrogens is 3. The zero-order valence-corrected chi connectivity index (χ0v) is 20.0. The third-order valence-corrected chi connectivity index (χ3v) is 7.53. The van der Waals surface area contributed by atoms with Gasteiger partial charge in [0.1, 0.15) is 5.82 Å². The smallest absolute Gasteiger partial charge is 0.335 e. The summed E-state index contributed by atoms with van der Waals surface area (Å²) in [6, 6.07) is 9.55. The highest BCUT2D eigenvalue weighted by atomic mass is 19.1. The molecule has 2 aromatic heterocycles. The number of ether oxygens (including phenoxy) is 1. The largest absolute Gasteiger partial charge is 0.479 e. The fraction of sp³-hybridized carbons (Fsp3) is 0.407. The molecule has 6 nitrogen and oxygen atoms in total. The number of aryl methyl sites for hydroxylation is 1. The standard InChI is InChI=1S/C27H30FN3O3/c1-15(2)25-24(17-7-9-27(34-4,10-8-17)26(32)33)20-13-22-18(14-29-30-22)12-23(20)31(25)19-5-6-21(28)16(3)11-19/h5-6,11-15,17H,7-10H2,1-4H3,(H,29,30)(H,32,33)/t17-,27+. The molecule has 5 rings (SSSR count). The van der Waals surface area contributed by atoms with E-state index in [-0.39, 0.29) is 17.7 Å². The van der Waals surface area contributed by atoms with E-state index in [0.717, 1.165) is 40.3 Å². The zero-order valence-electron chi connectivity index (χ0n) is 20.0. The number of nitrogens with one attached hydrogen (secondary N) is 1. The third kappa shape index (κ3) is 3.41. The second kappa shape index (κ2) is 8.24. The number of aromatic amines is 1. The van der Waals surface area contributed by atoms with Crippen LogP contribution in [0.5, 0.6) is 0 Å². The number of benzene rings is 2. The monoisotopic (exact) mass is 463 g/mol. The topological polar surface area (TPSA) is 80.1 Å². The van der Waals surface area contributed by atoms with E-state index in [0.29, 0.717) is 18.4 Å². The molecule has 1 fully saturated rings. The van der Waals surface area contributed by atoms with Gasteiger partial charge in [-0.1, -0.05) is 13.8 Å². The van der Waals surface area contributed by atoms with Crippen molar-refractivity contribution in [2.75, 3.05) is 7.11 Å². The molecular formula is C27H30FN3O3. The Hall–Kier alpha value is -3.19. The number of hydrogen-bond acceptors (Lipinski definition) is 3. The Bertz CT molecular complexity index is 1390. The molecule has 7 heteroatoms. The van der Waals surface area contributed by atoms with Crippen molar-refractivity contribution in [1.82, 2.24) is 14.8 Å². The molecule has 0 bridgehead atoms. The van der Waals surface area contributed by atoms with E-state index in [2.05, 4.69) is 40.7 Å². The van der Waals surface area contributed by atoms with Crippen molar-refractivity contribution in [2.45, 2.75) is 63.9 Å². The number of hydrogen-bond donors (Lipinski definition) is 2. The molecule has 1 saturated carbocycles. The predicted octanol–water partition coefficient (Wildman–Crippen LogP) is 6.21. The average molecular weight is 464 g/mol. The molecule has 0 radical (unpaired) electrons. The number of carbonyl (C=O) groups is 1. The van der Waals surface area contributed by atoms with Crippen LogP contribution >= 0.6 is 0 Å². The van der Waals surface area contributed by atoms with Crippen LogP contribution < -0.4 is 0 Å². The molecule has 0 unspecified atom stereocenters. The van der Waals surface area contributed by atoms with Crippen LogP contribution in [0.15, 0.2) is 36.5 Å². The maximum absolute atomic E-state index is 14.1. The van der Waals surface area contributed by atoms with Crippen LogP contribution in [0.4, 0.5) is 4.39 Å². The summed E-state index contributed by atoms with van der Waals surface area (Å²) in [5.41, 5.74) is 4.87. The number of rotatable bonds is 5. The van der Waals surface area contributed by atoms with E-state index in [1.165, 1.54) is 24.4 Å². The maximum atomic E-state index is 14.1. The number of nitrogens with zero attached hydrogens (tertiary/aromatic N) is 2. The molecule has 0 spiro atoms. The molecule has 2 heterocycles. The highest BCUT2D eigenvalue weighted by Crippen LogP contribution is 2.47. The molecule has 34 heavy (non-hydrogen) atoms. The molecular weight excluding hydrogens is 433 g/mol. The molecule has 1 aliphatic carbocycles. The van der Waals surface area contributed by atoms with Crippen LogP contribution in [-0.4, -0.2) is 38.6 Å². The summed E-state index contributed by atoms with van der Waals surface area (Å²) < 4.78 is 21.9. The summed E-state index contributed by atoms with van der Waals surface area (Å²) in [6.07, 6.45) is 4.20. The van der Waals surface area contributed by atoms with Crippen LogP contribution in [0.25, 0.3) is 27.5 Å². The predicted molar refractivity (Wildman–Crippen MR) is 130 cm³/mol. The maximum Gasteiger partial charge on any atom is 0.335 e. The van der Waals surface area contributed by atoms with Crippen molar-refractivity contribution >= 4 is 27.8 Å². The summed E-state index contributed by atoms with van der Waals surface area (Å²) in [5, 5.41) is 19.2. The molecule has 0 aliphatic heterocycles. The Kier molecular flexibility index (Phi) is 5.47. The molecule has 2 N–H and O–H groups in total. The van der Waals surface area contributed by atoms with Crippen LogP contribution in [0.3, 0.4) is 0 Å². The van der Waals surface area contributed by atoms with Gasteiger partial charge >= 0.3 is 5.97 Å². The van der Waals surface area contributed by atoms with Crippen LogP contribution in [0.1, 0.15) is 68.2 Å². The Labute approximate surface area is 197 Å². The number of halogens is 1. The summed E-state index contributed by atoms with van der Waals surface area (Å²) >= 11 is 0. The number of carboxylic acids is 1. The van der Waals surface area contributed by atoms with Gasteiger partial charge in [-0.15, -0.1) is 0 Å². The highest BCUT2D eigenvalue weighted by Gasteiger charge is 2.43. The first-order valence-electron chi connectivity index (χ1n) is 11.8. The van der Waals surface area contributed by atoms with Gasteiger partial charge in [-0.2, -0.15) is 5.10 Å². The number of aliphatic carboxylic acids is 1. The van der Waals surface area contributed by atoms with Crippen LogP contribution in [0.2, 0.25) is 0 Å². The van der Waals surface area contributed by atoms with E-state index in [1.54, 1.807) is 6.92 Å². The molecule has 0 atom stereocenters. The van der Waals surface area contributed by atoms with Crippen molar-refractivity contribution in [3.05, 3.63) is 59.2 Å². The van der Waals surface area contributed by atoms with Gasteiger partial charge in [0.25, 0.3) is 0 Å². The lowest BCUT2D eigenvalue weighted by atomic mass is 9.74. The fourth-order valence-corrected chi connectivity index (χ4v) is 5.69. The second-order valence-electron chi connectivity index (χ2n) is 9.83. The first-order chi connectivity index (χ1) is 16.3. The van der Waals surface area contributed by atoms with Crippen molar-refractivity contribution in [3.8, 4) is 5.69 Å². The number of fused-ring (bicyclic) bond motifs is 2. The summed E-state index contributed by atoms with van der Waals surface area (Å²) in [7, 11) is 1.49. The van der Waals surface area contributed by atoms with Crippen molar-refractivity contribution in [1.29, 1.82) is 0 Å². The van der Waals surface area contributed by atoms with Crippen molar-refractivity contribution in [2.24, 2.45) is 0 Å². The van der Waals surface area contributed by atoms with Gasteiger partial charge in [-0.05, 0) is 85.9 Å². The normalized spacial score (nSPS) is 21.1. The van der Waals surface area contributed by atoms with Gasteiger partial charge in [0, 0.05) is 29.3 Å². The second-order valence-corrected chi connectivity index (χ2v) is 9.83. The van der Waals surface area contributed by atoms with E-state index in [1.807, 2.05) is 18.3 Å². The minimum Gasteiger partial charge on any atom is -0.479 e. The zero-order chi connectivity index (χ0) is 24.2.